The molecule has 61 heavy (non-hydrogen) atoms. The molecule has 0 aliphatic rings. The van der Waals surface area contributed by atoms with E-state index < -0.39 is 19.2 Å². The first-order valence-corrected chi connectivity index (χ1v) is 27.7. The summed E-state index contributed by atoms with van der Waals surface area (Å²) < 4.78 is 18.3. The monoisotopic (exact) mass is 1030 g/mol. The maximum atomic E-state index is 8.69. The number of nitrogens with zero attached hydrogens (tertiary/aromatic N) is 4. The molecule has 0 N–H and O–H groups in total. The first kappa shape index (κ1) is 40.5. The van der Waals surface area contributed by atoms with Crippen LogP contribution in [0, 0.1) is 19.1 Å². The molecular formula is C54H46GeIrN4O-2. The molecular weight excluding hydrogens is 985 g/mol. The molecule has 0 aliphatic carbocycles. The van der Waals surface area contributed by atoms with Crippen molar-refractivity contribution < 1.29 is 25.9 Å². The summed E-state index contributed by atoms with van der Waals surface area (Å²) in [4.78, 5) is 14.3. The Hall–Kier alpha value is -5.92. The van der Waals surface area contributed by atoms with E-state index in [1.807, 2.05) is 69.4 Å². The van der Waals surface area contributed by atoms with Crippen molar-refractivity contribution in [2.24, 2.45) is 0 Å². The van der Waals surface area contributed by atoms with Crippen LogP contribution >= 0.6 is 0 Å². The number of hydrogen-bond donors (Lipinski definition) is 0. The van der Waals surface area contributed by atoms with Gasteiger partial charge in [-0.3, -0.25) is 4.98 Å². The van der Waals surface area contributed by atoms with Crippen molar-refractivity contribution in [1.82, 2.24) is 19.5 Å². The van der Waals surface area contributed by atoms with Gasteiger partial charge in [-0.2, -0.15) is 0 Å². The summed E-state index contributed by atoms with van der Waals surface area (Å²) in [6.45, 7) is 5.85. The molecule has 0 saturated carbocycles. The zero-order valence-electron chi connectivity index (χ0n) is 36.1. The maximum absolute atomic E-state index is 8.69. The molecule has 0 unspecified atom stereocenters. The average Bonchev–Trinajstić information content (AvgIpc) is 3.85. The minimum atomic E-state index is -2.16. The van der Waals surface area contributed by atoms with E-state index >= 15 is 0 Å². The van der Waals surface area contributed by atoms with Gasteiger partial charge < -0.3 is 4.57 Å². The van der Waals surface area contributed by atoms with Gasteiger partial charge in [-0.25, -0.2) is 0 Å². The maximum Gasteiger partial charge on any atom is 0.0774 e. The van der Waals surface area contributed by atoms with Crippen LogP contribution in [-0.4, -0.2) is 32.8 Å². The van der Waals surface area contributed by atoms with Crippen molar-refractivity contribution in [1.29, 1.82) is 0 Å². The van der Waals surface area contributed by atoms with Gasteiger partial charge in [0, 0.05) is 31.4 Å². The van der Waals surface area contributed by atoms with Crippen LogP contribution < -0.4 is 4.40 Å². The molecule has 303 valence electrons. The Morgan fingerprint density at radius 2 is 1.41 bits per heavy atom. The molecule has 0 atom stereocenters. The molecule has 0 amide bonds. The van der Waals surface area contributed by atoms with Crippen LogP contribution in [0.2, 0.25) is 17.3 Å². The van der Waals surface area contributed by atoms with Crippen molar-refractivity contribution in [3.63, 3.8) is 0 Å². The molecule has 1 radical (unpaired) electrons. The number of imidazole rings is 1. The quantitative estimate of drug-likeness (QED) is 0.118. The molecule has 4 heterocycles. The summed E-state index contributed by atoms with van der Waals surface area (Å²) in [5.41, 5.74) is 13.8. The molecule has 10 aromatic rings. The minimum absolute atomic E-state index is 0. The zero-order valence-corrected chi connectivity index (χ0v) is 39.6. The first-order valence-electron chi connectivity index (χ1n) is 20.9. The van der Waals surface area contributed by atoms with E-state index in [1.54, 1.807) is 0 Å². The number of aryl methyl sites for hydroxylation is 1. The predicted molar refractivity (Wildman–Crippen MR) is 252 cm³/mol. The van der Waals surface area contributed by atoms with Gasteiger partial charge in [0.2, 0.25) is 0 Å². The number of benzene rings is 6. The Morgan fingerprint density at radius 3 is 2.13 bits per heavy atom. The van der Waals surface area contributed by atoms with E-state index in [-0.39, 0.29) is 20.1 Å². The summed E-state index contributed by atoms with van der Waals surface area (Å²) in [6, 6.07) is 60.8. The van der Waals surface area contributed by atoms with Crippen molar-refractivity contribution >= 4 is 50.8 Å². The normalized spacial score (nSPS) is 11.9. The molecule has 0 spiro atoms. The molecule has 0 aliphatic heterocycles. The van der Waals surface area contributed by atoms with E-state index in [0.29, 0.717) is 5.71 Å². The third-order valence-electron chi connectivity index (χ3n) is 10.9. The van der Waals surface area contributed by atoms with E-state index in [4.69, 9.17) is 15.8 Å². The summed E-state index contributed by atoms with van der Waals surface area (Å²) in [7, 11) is 0. The van der Waals surface area contributed by atoms with Gasteiger partial charge in [-0.15, -0.1) is 35.9 Å². The van der Waals surface area contributed by atoms with Crippen LogP contribution in [0.25, 0.3) is 83.7 Å². The van der Waals surface area contributed by atoms with Gasteiger partial charge in [0.05, 0.1) is 16.9 Å². The molecule has 5 nitrogen and oxygen atoms in total. The van der Waals surface area contributed by atoms with Gasteiger partial charge in [-0.05, 0) is 41.0 Å². The smallest absolute Gasteiger partial charge is 0.0774 e. The summed E-state index contributed by atoms with van der Waals surface area (Å²) in [6.07, 6.45) is 1.98. The average molecular weight is 1030 g/mol. The minimum Gasteiger partial charge on any atom is -0.333 e. The number of fused-ring (bicyclic) bond motifs is 4. The fraction of sp³-hybridized carbons (Fsp3) is 0.130. The Kier molecular flexibility index (Phi) is 11.7. The Morgan fingerprint density at radius 1 is 0.689 bits per heavy atom. The third kappa shape index (κ3) is 8.41. The Balaban J connectivity index is 0.000000170. The van der Waals surface area contributed by atoms with Crippen molar-refractivity contribution in [3.8, 4) is 50.6 Å². The summed E-state index contributed by atoms with van der Waals surface area (Å²) in [5.74, 6) is 7.22. The molecule has 7 heteroatoms. The molecule has 0 bridgehead atoms. The molecule has 0 fully saturated rings. The fourth-order valence-corrected chi connectivity index (χ4v) is 11.2. The van der Waals surface area contributed by atoms with Crippen molar-refractivity contribution in [2.75, 3.05) is 0 Å². The van der Waals surface area contributed by atoms with E-state index in [9.17, 15) is 0 Å². The summed E-state index contributed by atoms with van der Waals surface area (Å²) >= 11 is -2.16. The van der Waals surface area contributed by atoms with E-state index in [1.165, 1.54) is 21.1 Å². The topological polar surface area (TPSA) is 56.7 Å². The molecule has 4 aromatic heterocycles. The molecule has 10 rings (SSSR count). The number of furan rings is 1. The van der Waals surface area contributed by atoms with Crippen LogP contribution in [0.15, 0.2) is 168 Å². The van der Waals surface area contributed by atoms with Crippen molar-refractivity contribution in [2.45, 2.75) is 43.9 Å². The number of para-hydroxylation sites is 2. The van der Waals surface area contributed by atoms with Crippen molar-refractivity contribution in [3.05, 3.63) is 187 Å². The second-order valence-corrected chi connectivity index (χ2v) is 26.9. The number of rotatable bonds is 7. The fourth-order valence-electron chi connectivity index (χ4n) is 7.88. The van der Waals surface area contributed by atoms with Crippen LogP contribution in [0.5, 0.6) is 0 Å². The van der Waals surface area contributed by atoms with Gasteiger partial charge in [-0.1, -0.05) is 78.9 Å². The van der Waals surface area contributed by atoms with Crippen LogP contribution in [0.3, 0.4) is 0 Å². The standard InChI is InChI=1S/C31H21N2.C23H25GeN2O.Ir/c1-4-12-23(13-5-1)26-20-21-29(27(22-26)24-14-6-2-7-15-24)33-30-19-11-10-18-28(30)32-31(33)25-16-8-3-9-17-25;1-14(2)19-12-21(25-13-20(19)24(4,5)6)18-9-7-8-16-17-11-10-15(3)26-23(17)27-22(16)18;/h1-16,18-22H;7-8,10-14H,1-6H3;/q2*-1;/i;14D;. The van der Waals surface area contributed by atoms with E-state index in [2.05, 4.69) is 154 Å². The Labute approximate surface area is 375 Å². The largest absolute Gasteiger partial charge is 0.333 e. The zero-order chi connectivity index (χ0) is 42.3. The van der Waals surface area contributed by atoms with Gasteiger partial charge >= 0.3 is 165 Å². The second-order valence-electron chi connectivity index (χ2n) is 16.4. The second kappa shape index (κ2) is 17.6. The van der Waals surface area contributed by atoms with Crippen LogP contribution in [0.1, 0.15) is 32.4 Å². The van der Waals surface area contributed by atoms with Crippen LogP contribution in [0.4, 0.5) is 0 Å². The molecule has 6 aromatic carbocycles. The number of pyridine rings is 2. The first-order chi connectivity index (χ1) is 29.4. The van der Waals surface area contributed by atoms with Gasteiger partial charge in [0.15, 0.2) is 0 Å². The van der Waals surface area contributed by atoms with Gasteiger partial charge in [0.25, 0.3) is 0 Å². The predicted octanol–water partition coefficient (Wildman–Crippen LogP) is 13.6. The van der Waals surface area contributed by atoms with Gasteiger partial charge in [0.1, 0.15) is 0 Å². The van der Waals surface area contributed by atoms with E-state index in [0.717, 1.165) is 72.5 Å². The van der Waals surface area contributed by atoms with Crippen LogP contribution in [-0.2, 0) is 20.1 Å². The third-order valence-corrected chi connectivity index (χ3v) is 15.1. The summed E-state index contributed by atoms with van der Waals surface area (Å²) in [5, 5.41) is 2.01. The number of hydrogen-bond acceptors (Lipinski definition) is 4. The number of aromatic nitrogens is 4. The SMILES string of the molecule is [2H]C(C)(C)c1cc(-c2[c-]ccc3c2oc2nc(C)ccc23)nc[c]1[Ge]([CH3])([CH3])[CH3].[Ir].[c-]1ccccc1-c1nc2ccccc2n1-c1ccc(-c2ccccc2)cc1-c1ccccc1. The molecule has 0 saturated heterocycles. The Bertz CT molecular complexity index is 3170.